The van der Waals surface area contributed by atoms with Gasteiger partial charge in [-0.3, -0.25) is 19.4 Å². The molecule has 0 unspecified atom stereocenters. The van der Waals surface area contributed by atoms with E-state index in [2.05, 4.69) is 15.9 Å². The molecule has 1 aliphatic rings. The Labute approximate surface area is 179 Å². The van der Waals surface area contributed by atoms with Crippen molar-refractivity contribution in [2.45, 2.75) is 0 Å². The first-order valence-electron chi connectivity index (χ1n) is 8.35. The van der Waals surface area contributed by atoms with Crippen molar-refractivity contribution in [2.75, 3.05) is 9.80 Å². The van der Waals surface area contributed by atoms with E-state index in [1.54, 1.807) is 30.3 Å². The first-order chi connectivity index (χ1) is 13.6. The Bertz CT molecular complexity index is 1080. The molecule has 3 aromatic rings. The second-order valence-corrected chi connectivity index (χ2v) is 8.21. The van der Waals surface area contributed by atoms with E-state index in [9.17, 15) is 9.59 Å². The quantitative estimate of drug-likeness (QED) is 0.299. The van der Waals surface area contributed by atoms with Gasteiger partial charge in [0, 0.05) is 9.35 Å². The lowest BCUT2D eigenvalue weighted by molar-refractivity contribution is -0.120. The van der Waals surface area contributed by atoms with Crippen LogP contribution in [0.5, 0.6) is 0 Å². The highest BCUT2D eigenvalue weighted by Crippen LogP contribution is 2.30. The average molecular weight is 469 g/mol. The van der Waals surface area contributed by atoms with Crippen LogP contribution in [0, 0.1) is 0 Å². The Morgan fingerprint density at radius 3 is 2.00 bits per heavy atom. The molecule has 7 heteroatoms. The third-order valence-electron chi connectivity index (χ3n) is 4.18. The number of hydrogen-bond donors (Lipinski definition) is 0. The number of amides is 2. The molecule has 0 bridgehead atoms. The minimum absolute atomic E-state index is 0.0721. The van der Waals surface area contributed by atoms with Gasteiger partial charge >= 0.3 is 0 Å². The average Bonchev–Trinajstić information content (AvgIpc) is 3.21. The van der Waals surface area contributed by atoms with Crippen LogP contribution in [0.3, 0.4) is 0 Å². The molecule has 2 aromatic carbocycles. The number of rotatable bonds is 3. The molecular weight excluding hydrogens is 456 g/mol. The zero-order valence-electron chi connectivity index (χ0n) is 14.4. The number of carbonyl (C=O) groups excluding carboxylic acids is 2. The predicted molar refractivity (Wildman–Crippen MR) is 120 cm³/mol. The minimum Gasteiger partial charge on any atom is -0.268 e. The summed E-state index contributed by atoms with van der Waals surface area (Å²) in [4.78, 5) is 30.1. The first-order valence-corrected chi connectivity index (χ1v) is 10.4. The van der Waals surface area contributed by atoms with Gasteiger partial charge in [-0.1, -0.05) is 40.2 Å². The van der Waals surface area contributed by atoms with Crippen molar-refractivity contribution in [3.05, 3.63) is 87.0 Å². The number of carbonyl (C=O) groups is 2. The van der Waals surface area contributed by atoms with Gasteiger partial charge in [0.25, 0.3) is 11.8 Å². The molecule has 1 fully saturated rings. The van der Waals surface area contributed by atoms with E-state index in [4.69, 9.17) is 12.2 Å². The monoisotopic (exact) mass is 468 g/mol. The van der Waals surface area contributed by atoms with Gasteiger partial charge in [-0.05, 0) is 66.1 Å². The van der Waals surface area contributed by atoms with Crippen LogP contribution in [0.15, 0.2) is 82.2 Å². The Balaban J connectivity index is 1.86. The van der Waals surface area contributed by atoms with Gasteiger partial charge in [0.05, 0.1) is 11.4 Å². The van der Waals surface area contributed by atoms with E-state index in [0.717, 1.165) is 9.35 Å². The highest BCUT2D eigenvalue weighted by Gasteiger charge is 2.41. The molecule has 28 heavy (non-hydrogen) atoms. The predicted octanol–water partition coefficient (Wildman–Crippen LogP) is 5.26. The fourth-order valence-electron chi connectivity index (χ4n) is 2.87. The van der Waals surface area contributed by atoms with Crippen LogP contribution in [0.4, 0.5) is 11.4 Å². The summed E-state index contributed by atoms with van der Waals surface area (Å²) < 4.78 is 0.886. The van der Waals surface area contributed by atoms with Crippen LogP contribution in [-0.2, 0) is 9.59 Å². The Morgan fingerprint density at radius 1 is 0.821 bits per heavy atom. The molecule has 138 valence electrons. The number of benzene rings is 2. The second-order valence-electron chi connectivity index (χ2n) is 5.95. The summed E-state index contributed by atoms with van der Waals surface area (Å²) in [5.74, 6) is -0.860. The van der Waals surface area contributed by atoms with Crippen LogP contribution in [0.25, 0.3) is 6.08 Å². The van der Waals surface area contributed by atoms with Gasteiger partial charge < -0.3 is 0 Å². The van der Waals surface area contributed by atoms with E-state index in [1.165, 1.54) is 21.1 Å². The Morgan fingerprint density at radius 2 is 1.43 bits per heavy atom. The molecule has 0 saturated carbocycles. The lowest BCUT2D eigenvalue weighted by Crippen LogP contribution is -2.56. The zero-order chi connectivity index (χ0) is 19.7. The molecule has 1 aliphatic heterocycles. The minimum atomic E-state index is -0.432. The number of para-hydroxylation sites is 1. The van der Waals surface area contributed by atoms with Crippen molar-refractivity contribution in [1.29, 1.82) is 0 Å². The summed E-state index contributed by atoms with van der Waals surface area (Å²) in [6.45, 7) is 0. The van der Waals surface area contributed by atoms with Crippen LogP contribution in [0.1, 0.15) is 4.88 Å². The fourth-order valence-corrected chi connectivity index (χ4v) is 4.17. The van der Waals surface area contributed by atoms with Crippen molar-refractivity contribution in [3.8, 4) is 0 Å². The van der Waals surface area contributed by atoms with E-state index >= 15 is 0 Å². The number of thiocarbonyl (C=S) groups is 1. The molecule has 0 aliphatic carbocycles. The van der Waals surface area contributed by atoms with Crippen LogP contribution >= 0.6 is 39.5 Å². The van der Waals surface area contributed by atoms with Crippen molar-refractivity contribution < 1.29 is 9.59 Å². The molecule has 2 amide bonds. The lowest BCUT2D eigenvalue weighted by Gasteiger charge is -2.36. The second kappa shape index (κ2) is 7.79. The molecular formula is C21H13BrN2O2S2. The number of halogens is 1. The maximum Gasteiger partial charge on any atom is 0.270 e. The zero-order valence-corrected chi connectivity index (χ0v) is 17.6. The normalized spacial score (nSPS) is 16.2. The number of anilines is 2. The molecule has 4 rings (SSSR count). The summed E-state index contributed by atoms with van der Waals surface area (Å²) in [5, 5.41) is 2.03. The van der Waals surface area contributed by atoms with Crippen molar-refractivity contribution in [3.63, 3.8) is 0 Å². The van der Waals surface area contributed by atoms with Crippen molar-refractivity contribution in [2.24, 2.45) is 0 Å². The molecule has 0 radical (unpaired) electrons. The Kier molecular flexibility index (Phi) is 5.21. The van der Waals surface area contributed by atoms with Gasteiger partial charge in [-0.25, -0.2) is 0 Å². The topological polar surface area (TPSA) is 40.6 Å². The summed E-state index contributed by atoms with van der Waals surface area (Å²) in [6, 6.07) is 20.1. The smallest absolute Gasteiger partial charge is 0.268 e. The molecule has 1 aromatic heterocycles. The maximum atomic E-state index is 13.3. The maximum absolute atomic E-state index is 13.3. The fraction of sp³-hybridized carbons (Fsp3) is 0. The summed E-state index contributed by atoms with van der Waals surface area (Å²) >= 11 is 10.4. The molecule has 4 nitrogen and oxygen atoms in total. The number of nitrogens with zero attached hydrogens (tertiary/aromatic N) is 2. The van der Waals surface area contributed by atoms with Crippen molar-refractivity contribution >= 4 is 73.9 Å². The summed E-state index contributed by atoms with van der Waals surface area (Å²) in [6.07, 6.45) is 1.62. The van der Waals surface area contributed by atoms with Gasteiger partial charge in [-0.15, -0.1) is 11.3 Å². The largest absolute Gasteiger partial charge is 0.270 e. The van der Waals surface area contributed by atoms with Gasteiger partial charge in [0.2, 0.25) is 0 Å². The van der Waals surface area contributed by atoms with Gasteiger partial charge in [0.1, 0.15) is 5.57 Å². The summed E-state index contributed by atoms with van der Waals surface area (Å²) in [7, 11) is 0. The molecule has 2 heterocycles. The van der Waals surface area contributed by atoms with E-state index < -0.39 is 11.8 Å². The number of thiophene rings is 1. The highest BCUT2D eigenvalue weighted by molar-refractivity contribution is 9.10. The SMILES string of the molecule is O=C1/C(=C/c2cccs2)C(=O)N(c2ccc(Br)cc2)C(=S)N1c1ccccc1. The number of hydrogen-bond acceptors (Lipinski definition) is 4. The van der Waals surface area contributed by atoms with Crippen LogP contribution in [-0.4, -0.2) is 16.9 Å². The van der Waals surface area contributed by atoms with Crippen molar-refractivity contribution in [1.82, 2.24) is 0 Å². The van der Waals surface area contributed by atoms with E-state index in [1.807, 2.05) is 47.8 Å². The van der Waals surface area contributed by atoms with E-state index in [-0.39, 0.29) is 10.7 Å². The third kappa shape index (κ3) is 3.44. The highest BCUT2D eigenvalue weighted by atomic mass is 79.9. The molecule has 1 saturated heterocycles. The van der Waals surface area contributed by atoms with E-state index in [0.29, 0.717) is 11.4 Å². The van der Waals surface area contributed by atoms with Crippen LogP contribution in [0.2, 0.25) is 0 Å². The van der Waals surface area contributed by atoms with Crippen LogP contribution < -0.4 is 9.80 Å². The first kappa shape index (κ1) is 18.7. The third-order valence-corrected chi connectivity index (χ3v) is 5.89. The van der Waals surface area contributed by atoms with Gasteiger partial charge in [0.15, 0.2) is 5.11 Å². The standard InChI is InChI=1S/C21H13BrN2O2S2/c22-14-8-10-16(11-9-14)24-20(26)18(13-17-7-4-12-28-17)19(25)23(21(24)27)15-5-2-1-3-6-15/h1-13H/b18-13-. The summed E-state index contributed by atoms with van der Waals surface area (Å²) in [5.41, 5.74) is 1.29. The van der Waals surface area contributed by atoms with Gasteiger partial charge in [-0.2, -0.15) is 0 Å². The molecule has 0 atom stereocenters. The Hall–Kier alpha value is -2.61. The molecule has 0 spiro atoms. The molecule has 0 N–H and O–H groups in total. The lowest BCUT2D eigenvalue weighted by atomic mass is 10.1.